The van der Waals surface area contributed by atoms with Crippen LogP contribution in [0.3, 0.4) is 0 Å². The molecule has 0 aromatic carbocycles. The molecule has 14 heavy (non-hydrogen) atoms. The topological polar surface area (TPSA) is 32.3 Å². The molecule has 1 saturated heterocycles. The van der Waals surface area contributed by atoms with Gasteiger partial charge in [-0.15, -0.1) is 0 Å². The lowest BCUT2D eigenvalue weighted by Gasteiger charge is -2.31. The Morgan fingerprint density at radius 3 is 2.64 bits per heavy atom. The molecule has 0 unspecified atom stereocenters. The van der Waals surface area contributed by atoms with Crippen molar-refractivity contribution in [2.75, 3.05) is 20.1 Å². The monoisotopic (exact) mass is 198 g/mol. The fourth-order valence-corrected chi connectivity index (χ4v) is 1.90. The van der Waals surface area contributed by atoms with Gasteiger partial charge in [0.15, 0.2) is 0 Å². The third-order valence-corrected chi connectivity index (χ3v) is 2.99. The van der Waals surface area contributed by atoms with Gasteiger partial charge in [0.25, 0.3) is 0 Å². The quantitative estimate of drug-likeness (QED) is 0.740. The molecule has 0 saturated carbocycles. The Morgan fingerprint density at radius 2 is 2.07 bits per heavy atom. The van der Waals surface area contributed by atoms with E-state index in [1.54, 1.807) is 0 Å². The van der Waals surface area contributed by atoms with Crippen LogP contribution in [0, 0.1) is 0 Å². The molecule has 3 nitrogen and oxygen atoms in total. The Kier molecular flexibility index (Phi) is 4.94. The van der Waals surface area contributed by atoms with Gasteiger partial charge in [0.1, 0.15) is 0 Å². The minimum atomic E-state index is 0.318. The van der Waals surface area contributed by atoms with E-state index in [1.807, 2.05) is 11.9 Å². The molecule has 0 aliphatic carbocycles. The minimum absolute atomic E-state index is 0.318. The number of carbonyl (C=O) groups excluding carboxylic acids is 1. The van der Waals surface area contributed by atoms with E-state index in [0.29, 0.717) is 11.9 Å². The maximum Gasteiger partial charge on any atom is 0.222 e. The van der Waals surface area contributed by atoms with Crippen molar-refractivity contribution in [3.05, 3.63) is 0 Å². The van der Waals surface area contributed by atoms with Crippen LogP contribution < -0.4 is 5.32 Å². The van der Waals surface area contributed by atoms with E-state index in [9.17, 15) is 4.79 Å². The van der Waals surface area contributed by atoms with Crippen LogP contribution in [-0.2, 0) is 4.79 Å². The number of unbranched alkanes of at least 4 members (excludes halogenated alkanes) is 1. The minimum Gasteiger partial charge on any atom is -0.343 e. The second-order valence-corrected chi connectivity index (χ2v) is 4.09. The van der Waals surface area contributed by atoms with Gasteiger partial charge in [-0.25, -0.2) is 0 Å². The lowest BCUT2D eigenvalue weighted by atomic mass is 10.0. The molecule has 1 aliphatic heterocycles. The Balaban J connectivity index is 2.30. The van der Waals surface area contributed by atoms with Gasteiger partial charge in [-0.05, 0) is 32.4 Å². The number of hydrogen-bond donors (Lipinski definition) is 1. The third kappa shape index (κ3) is 3.29. The molecule has 0 aromatic rings. The fraction of sp³-hybridized carbons (Fsp3) is 0.909. The van der Waals surface area contributed by atoms with E-state index in [4.69, 9.17) is 0 Å². The van der Waals surface area contributed by atoms with Crippen molar-refractivity contribution in [2.24, 2.45) is 0 Å². The van der Waals surface area contributed by atoms with E-state index in [2.05, 4.69) is 12.2 Å². The maximum absolute atomic E-state index is 11.7. The number of nitrogens with zero attached hydrogens (tertiary/aromatic N) is 1. The summed E-state index contributed by atoms with van der Waals surface area (Å²) in [5, 5.41) is 3.31. The van der Waals surface area contributed by atoms with Crippen molar-refractivity contribution in [1.82, 2.24) is 10.2 Å². The van der Waals surface area contributed by atoms with Crippen LogP contribution in [0.25, 0.3) is 0 Å². The molecule has 1 fully saturated rings. The highest BCUT2D eigenvalue weighted by Gasteiger charge is 2.20. The summed E-state index contributed by atoms with van der Waals surface area (Å²) >= 11 is 0. The molecule has 82 valence electrons. The van der Waals surface area contributed by atoms with Crippen LogP contribution in [0.1, 0.15) is 39.0 Å². The first-order chi connectivity index (χ1) is 6.75. The lowest BCUT2D eigenvalue weighted by molar-refractivity contribution is -0.132. The van der Waals surface area contributed by atoms with Crippen LogP contribution >= 0.6 is 0 Å². The molecule has 1 heterocycles. The number of nitrogens with one attached hydrogen (secondary N) is 1. The highest BCUT2D eigenvalue weighted by molar-refractivity contribution is 5.76. The van der Waals surface area contributed by atoms with Gasteiger partial charge in [-0.2, -0.15) is 0 Å². The molecule has 1 N–H and O–H groups in total. The van der Waals surface area contributed by atoms with E-state index < -0.39 is 0 Å². The Bertz CT molecular complexity index is 176. The standard InChI is InChI=1S/C11H22N2O/c1-3-4-5-11(14)13(2)10-6-8-12-9-7-10/h10,12H,3-9H2,1-2H3. The molecule has 1 amide bonds. The zero-order chi connectivity index (χ0) is 10.4. The SMILES string of the molecule is CCCCC(=O)N(C)C1CCNCC1. The van der Waals surface area contributed by atoms with Crippen LogP contribution in [-0.4, -0.2) is 37.0 Å². The van der Waals surface area contributed by atoms with Crippen LogP contribution in [0.2, 0.25) is 0 Å². The first-order valence-electron chi connectivity index (χ1n) is 5.72. The molecule has 3 heteroatoms. The second-order valence-electron chi connectivity index (χ2n) is 4.09. The molecule has 1 rings (SSSR count). The number of carbonyl (C=O) groups is 1. The molecular formula is C11H22N2O. The molecule has 1 aliphatic rings. The predicted molar refractivity (Wildman–Crippen MR) is 58.2 cm³/mol. The van der Waals surface area contributed by atoms with Gasteiger partial charge in [0, 0.05) is 19.5 Å². The summed E-state index contributed by atoms with van der Waals surface area (Å²) in [6.45, 7) is 4.23. The van der Waals surface area contributed by atoms with Crippen molar-refractivity contribution in [1.29, 1.82) is 0 Å². The molecule has 0 atom stereocenters. The van der Waals surface area contributed by atoms with E-state index in [1.165, 1.54) is 0 Å². The third-order valence-electron chi connectivity index (χ3n) is 2.99. The Labute approximate surface area is 86.9 Å². The van der Waals surface area contributed by atoms with Crippen LogP contribution in [0.4, 0.5) is 0 Å². The first kappa shape index (κ1) is 11.5. The maximum atomic E-state index is 11.7. The number of hydrogen-bond acceptors (Lipinski definition) is 2. The smallest absolute Gasteiger partial charge is 0.222 e. The van der Waals surface area contributed by atoms with Crippen molar-refractivity contribution in [3.8, 4) is 0 Å². The lowest BCUT2D eigenvalue weighted by Crippen LogP contribution is -2.43. The first-order valence-corrected chi connectivity index (χ1v) is 5.72. The highest BCUT2D eigenvalue weighted by atomic mass is 16.2. The average molecular weight is 198 g/mol. The van der Waals surface area contributed by atoms with Crippen molar-refractivity contribution in [2.45, 2.75) is 45.1 Å². The Morgan fingerprint density at radius 1 is 1.43 bits per heavy atom. The summed E-state index contributed by atoms with van der Waals surface area (Å²) in [5.41, 5.74) is 0. The molecule has 0 radical (unpaired) electrons. The van der Waals surface area contributed by atoms with Crippen molar-refractivity contribution < 1.29 is 4.79 Å². The zero-order valence-corrected chi connectivity index (χ0v) is 9.38. The average Bonchev–Trinajstić information content (AvgIpc) is 2.26. The van der Waals surface area contributed by atoms with Crippen molar-refractivity contribution >= 4 is 5.91 Å². The number of amides is 1. The van der Waals surface area contributed by atoms with Gasteiger partial charge in [0.2, 0.25) is 5.91 Å². The van der Waals surface area contributed by atoms with Gasteiger partial charge in [-0.1, -0.05) is 13.3 Å². The second kappa shape index (κ2) is 6.02. The van der Waals surface area contributed by atoms with E-state index in [-0.39, 0.29) is 0 Å². The van der Waals surface area contributed by atoms with Crippen molar-refractivity contribution in [3.63, 3.8) is 0 Å². The molecule has 0 aromatic heterocycles. The summed E-state index contributed by atoms with van der Waals surface area (Å²) in [7, 11) is 1.95. The van der Waals surface area contributed by atoms with Crippen LogP contribution in [0.15, 0.2) is 0 Å². The van der Waals surface area contributed by atoms with Crippen LogP contribution in [0.5, 0.6) is 0 Å². The zero-order valence-electron chi connectivity index (χ0n) is 9.38. The molecular weight excluding hydrogens is 176 g/mol. The summed E-state index contributed by atoms with van der Waals surface area (Å²) in [6, 6.07) is 0.473. The number of rotatable bonds is 4. The van der Waals surface area contributed by atoms with Gasteiger partial charge < -0.3 is 10.2 Å². The summed E-state index contributed by atoms with van der Waals surface area (Å²) in [5.74, 6) is 0.318. The fourth-order valence-electron chi connectivity index (χ4n) is 1.90. The van der Waals surface area contributed by atoms with Gasteiger partial charge in [-0.3, -0.25) is 4.79 Å². The highest BCUT2D eigenvalue weighted by Crippen LogP contribution is 2.11. The van der Waals surface area contributed by atoms with E-state index >= 15 is 0 Å². The summed E-state index contributed by atoms with van der Waals surface area (Å²) in [6.07, 6.45) is 5.06. The molecule has 0 bridgehead atoms. The largest absolute Gasteiger partial charge is 0.343 e. The predicted octanol–water partition coefficient (Wildman–Crippen LogP) is 1.39. The number of piperidine rings is 1. The van der Waals surface area contributed by atoms with Gasteiger partial charge in [0.05, 0.1) is 0 Å². The van der Waals surface area contributed by atoms with Gasteiger partial charge >= 0.3 is 0 Å². The normalized spacial score (nSPS) is 18.1. The Hall–Kier alpha value is -0.570. The molecule has 0 spiro atoms. The van der Waals surface area contributed by atoms with E-state index in [0.717, 1.165) is 45.2 Å². The summed E-state index contributed by atoms with van der Waals surface area (Å²) < 4.78 is 0. The summed E-state index contributed by atoms with van der Waals surface area (Å²) in [4.78, 5) is 13.7.